The van der Waals surface area contributed by atoms with Crippen LogP contribution in [0.25, 0.3) is 22.3 Å². The fraction of sp³-hybridized carbons (Fsp3) is 0.167. The molecule has 0 spiro atoms. The van der Waals surface area contributed by atoms with Crippen LogP contribution in [0.5, 0.6) is 0 Å². The maximum atomic E-state index is 13.2. The normalized spacial score (nSPS) is 11.6. The molecule has 27 heavy (non-hydrogen) atoms. The third kappa shape index (κ3) is 3.84. The van der Waals surface area contributed by atoms with E-state index in [4.69, 9.17) is 4.42 Å². The number of benzene rings is 2. The lowest BCUT2D eigenvalue weighted by molar-refractivity contribution is 0.0964. The molecule has 3 aromatic rings. The molecule has 9 heteroatoms. The molecule has 2 aromatic carbocycles. The molecule has 0 aliphatic carbocycles. The van der Waals surface area contributed by atoms with Crippen LogP contribution in [0.15, 0.2) is 45.3 Å². The first-order valence-corrected chi connectivity index (χ1v) is 10.4. The maximum absolute atomic E-state index is 13.2. The highest BCUT2D eigenvalue weighted by atomic mass is 79.9. The van der Waals surface area contributed by atoms with Gasteiger partial charge in [-0.25, -0.2) is 12.8 Å². The van der Waals surface area contributed by atoms with Crippen LogP contribution in [-0.2, 0) is 10.0 Å². The number of halogens is 2. The molecule has 142 valence electrons. The van der Waals surface area contributed by atoms with Crippen molar-refractivity contribution in [3.05, 3.63) is 52.3 Å². The smallest absolute Gasteiger partial charge is 0.255 e. The van der Waals surface area contributed by atoms with E-state index < -0.39 is 15.8 Å². The molecule has 0 saturated carbocycles. The summed E-state index contributed by atoms with van der Waals surface area (Å²) < 4.78 is 45.8. The van der Waals surface area contributed by atoms with E-state index >= 15 is 0 Å². The molecule has 1 heterocycles. The number of rotatable bonds is 5. The van der Waals surface area contributed by atoms with Gasteiger partial charge in [-0.1, -0.05) is 0 Å². The van der Waals surface area contributed by atoms with Gasteiger partial charge in [-0.2, -0.15) is 0 Å². The number of anilines is 1. The lowest BCUT2D eigenvalue weighted by Crippen LogP contribution is -2.18. The summed E-state index contributed by atoms with van der Waals surface area (Å²) >= 11 is 3.33. The second kappa shape index (κ2) is 7.32. The Morgan fingerprint density at radius 3 is 2.48 bits per heavy atom. The van der Waals surface area contributed by atoms with Crippen molar-refractivity contribution in [3.63, 3.8) is 0 Å². The predicted molar refractivity (Wildman–Crippen MR) is 106 cm³/mol. The molecule has 2 N–H and O–H groups in total. The van der Waals surface area contributed by atoms with E-state index in [-0.39, 0.29) is 23.0 Å². The van der Waals surface area contributed by atoms with Crippen LogP contribution in [0, 0.1) is 5.82 Å². The molecular weight excluding hydrogens is 439 g/mol. The van der Waals surface area contributed by atoms with Crippen LogP contribution in [-0.4, -0.2) is 27.1 Å². The summed E-state index contributed by atoms with van der Waals surface area (Å²) in [5.41, 5.74) is 1.43. The van der Waals surface area contributed by atoms with Crippen molar-refractivity contribution in [3.8, 4) is 11.3 Å². The number of carbonyl (C=O) groups is 1. The number of hydrogen-bond donors (Lipinski definition) is 2. The Hall–Kier alpha value is -2.39. The van der Waals surface area contributed by atoms with E-state index in [0.29, 0.717) is 26.7 Å². The Balaban J connectivity index is 2.24. The van der Waals surface area contributed by atoms with Crippen LogP contribution in [0.2, 0.25) is 0 Å². The fourth-order valence-electron chi connectivity index (χ4n) is 2.59. The van der Waals surface area contributed by atoms with Gasteiger partial charge in [-0.05, 0) is 53.2 Å². The number of nitrogens with one attached hydrogen (secondary N) is 2. The van der Waals surface area contributed by atoms with Crippen molar-refractivity contribution in [1.82, 2.24) is 5.32 Å². The minimum atomic E-state index is -3.49. The summed E-state index contributed by atoms with van der Waals surface area (Å²) in [7, 11) is -1.99. The predicted octanol–water partition coefficient (Wildman–Crippen LogP) is 4.12. The molecule has 6 nitrogen and oxygen atoms in total. The zero-order valence-electron chi connectivity index (χ0n) is 14.5. The number of sulfonamides is 1. The lowest BCUT2D eigenvalue weighted by atomic mass is 10.0. The average Bonchev–Trinajstić information content (AvgIpc) is 3.00. The van der Waals surface area contributed by atoms with Crippen molar-refractivity contribution in [1.29, 1.82) is 0 Å². The molecule has 0 radical (unpaired) electrons. The standard InChI is InChI=1S/C18H16BrFN2O4S/c1-3-27(24,25)22-14-9-15-12(8-13(14)19)16(18(23)21-2)17(26-15)10-4-6-11(20)7-5-10/h4-9,22H,3H2,1-2H3,(H,21,23). The summed E-state index contributed by atoms with van der Waals surface area (Å²) in [5, 5.41) is 3.06. The molecule has 0 bridgehead atoms. The highest BCUT2D eigenvalue weighted by molar-refractivity contribution is 9.10. The van der Waals surface area contributed by atoms with Gasteiger partial charge < -0.3 is 9.73 Å². The van der Waals surface area contributed by atoms with Gasteiger partial charge in [0.05, 0.1) is 17.0 Å². The van der Waals surface area contributed by atoms with Crippen molar-refractivity contribution < 1.29 is 22.0 Å². The molecule has 3 rings (SSSR count). The number of hydrogen-bond acceptors (Lipinski definition) is 4. The van der Waals surface area contributed by atoms with Crippen LogP contribution in [0.4, 0.5) is 10.1 Å². The maximum Gasteiger partial charge on any atom is 0.255 e. The van der Waals surface area contributed by atoms with Crippen molar-refractivity contribution >= 4 is 48.5 Å². The molecule has 1 aromatic heterocycles. The Morgan fingerprint density at radius 2 is 1.89 bits per heavy atom. The second-order valence-corrected chi connectivity index (χ2v) is 8.59. The van der Waals surface area contributed by atoms with Crippen LogP contribution < -0.4 is 10.0 Å². The van der Waals surface area contributed by atoms with Gasteiger partial charge in [0.2, 0.25) is 10.0 Å². The highest BCUT2D eigenvalue weighted by Gasteiger charge is 2.23. The summed E-state index contributed by atoms with van der Waals surface area (Å²) in [5.74, 6) is -0.594. The Kier molecular flexibility index (Phi) is 5.25. The summed E-state index contributed by atoms with van der Waals surface area (Å²) in [6.07, 6.45) is 0. The summed E-state index contributed by atoms with van der Waals surface area (Å²) in [6.45, 7) is 1.53. The summed E-state index contributed by atoms with van der Waals surface area (Å²) in [4.78, 5) is 12.4. The first kappa shape index (κ1) is 19.4. The third-order valence-corrected chi connectivity index (χ3v) is 5.93. The Morgan fingerprint density at radius 1 is 1.22 bits per heavy atom. The van der Waals surface area contributed by atoms with Gasteiger partial charge in [0.15, 0.2) is 0 Å². The quantitative estimate of drug-likeness (QED) is 0.606. The zero-order valence-corrected chi connectivity index (χ0v) is 16.9. The van der Waals surface area contributed by atoms with Gasteiger partial charge in [0.25, 0.3) is 5.91 Å². The van der Waals surface area contributed by atoms with E-state index in [9.17, 15) is 17.6 Å². The molecule has 0 unspecified atom stereocenters. The van der Waals surface area contributed by atoms with E-state index in [1.54, 1.807) is 6.07 Å². The molecule has 0 atom stereocenters. The van der Waals surface area contributed by atoms with E-state index in [0.717, 1.165) is 0 Å². The van der Waals surface area contributed by atoms with Gasteiger partial charge in [0, 0.05) is 28.5 Å². The number of fused-ring (bicyclic) bond motifs is 1. The zero-order chi connectivity index (χ0) is 19.8. The lowest BCUT2D eigenvalue weighted by Gasteiger charge is -2.08. The van der Waals surface area contributed by atoms with E-state index in [1.165, 1.54) is 44.3 Å². The van der Waals surface area contributed by atoms with Crippen LogP contribution in [0.3, 0.4) is 0 Å². The molecule has 0 saturated heterocycles. The average molecular weight is 455 g/mol. The first-order valence-electron chi connectivity index (χ1n) is 8.00. The van der Waals surface area contributed by atoms with Crippen LogP contribution in [0.1, 0.15) is 17.3 Å². The minimum absolute atomic E-state index is 0.0834. The fourth-order valence-corrected chi connectivity index (χ4v) is 3.81. The third-order valence-electron chi connectivity index (χ3n) is 3.98. The number of amides is 1. The number of carbonyl (C=O) groups excluding carboxylic acids is 1. The number of furan rings is 1. The van der Waals surface area contributed by atoms with Crippen LogP contribution >= 0.6 is 15.9 Å². The van der Waals surface area contributed by atoms with Gasteiger partial charge in [-0.3, -0.25) is 9.52 Å². The topological polar surface area (TPSA) is 88.4 Å². The van der Waals surface area contributed by atoms with Gasteiger partial charge in [-0.15, -0.1) is 0 Å². The van der Waals surface area contributed by atoms with E-state index in [2.05, 4.69) is 26.0 Å². The summed E-state index contributed by atoms with van der Waals surface area (Å²) in [6, 6.07) is 8.68. The molecule has 1 amide bonds. The Labute approximate surface area is 163 Å². The monoisotopic (exact) mass is 454 g/mol. The molecule has 0 aliphatic rings. The van der Waals surface area contributed by atoms with Gasteiger partial charge >= 0.3 is 0 Å². The van der Waals surface area contributed by atoms with E-state index in [1.807, 2.05) is 0 Å². The van der Waals surface area contributed by atoms with Crippen molar-refractivity contribution in [2.24, 2.45) is 0 Å². The molecule has 0 aliphatic heterocycles. The largest absolute Gasteiger partial charge is 0.455 e. The van der Waals surface area contributed by atoms with Gasteiger partial charge in [0.1, 0.15) is 17.2 Å². The van der Waals surface area contributed by atoms with Crippen molar-refractivity contribution in [2.45, 2.75) is 6.92 Å². The second-order valence-electron chi connectivity index (χ2n) is 5.73. The van der Waals surface area contributed by atoms with Crippen molar-refractivity contribution in [2.75, 3.05) is 17.5 Å². The highest BCUT2D eigenvalue weighted by Crippen LogP contribution is 2.38. The SMILES string of the molecule is CCS(=O)(=O)Nc1cc2oc(-c3ccc(F)cc3)c(C(=O)NC)c2cc1Br. The molecular formula is C18H16BrFN2O4S. The minimum Gasteiger partial charge on any atom is -0.455 e. The molecule has 0 fully saturated rings. The Bertz CT molecular complexity index is 1120. The first-order chi connectivity index (χ1) is 12.8.